The predicted molar refractivity (Wildman–Crippen MR) is 73.3 cm³/mol. The number of hydrogen-bond acceptors (Lipinski definition) is 4. The fraction of sp³-hybridized carbons (Fsp3) is 0.800. The molecule has 0 aromatic carbocycles. The molecule has 2 heterocycles. The fourth-order valence-corrected chi connectivity index (χ4v) is 2.62. The van der Waals surface area contributed by atoms with Gasteiger partial charge in [-0.15, -0.1) is 0 Å². The van der Waals surface area contributed by atoms with Gasteiger partial charge in [-0.25, -0.2) is 0 Å². The van der Waals surface area contributed by atoms with Crippen LogP contribution < -0.4 is 5.32 Å². The highest BCUT2D eigenvalue weighted by molar-refractivity contribution is 9.14. The molecule has 0 aromatic heterocycles. The van der Waals surface area contributed by atoms with Gasteiger partial charge in [-0.1, -0.05) is 31.9 Å². The summed E-state index contributed by atoms with van der Waals surface area (Å²) in [6.07, 6.45) is 1.32. The maximum atomic E-state index is 3.46. The molecule has 0 aliphatic carbocycles. The molecule has 2 bridgehead atoms. The van der Waals surface area contributed by atoms with Gasteiger partial charge < -0.3 is 0 Å². The number of rotatable bonds is 4. The molecule has 1 N–H and O–H groups in total. The van der Waals surface area contributed by atoms with Crippen molar-refractivity contribution in [2.24, 2.45) is 0 Å². The molecule has 92 valence electrons. The van der Waals surface area contributed by atoms with Gasteiger partial charge in [0.05, 0.1) is 26.7 Å². The van der Waals surface area contributed by atoms with Crippen LogP contribution in [-0.2, 0) is 0 Å². The van der Waals surface area contributed by atoms with Crippen LogP contribution in [0.5, 0.6) is 0 Å². The molecule has 16 heavy (non-hydrogen) atoms. The van der Waals surface area contributed by atoms with Gasteiger partial charge in [0.2, 0.25) is 0 Å². The standard InChI is InChI=1S/C10H18Br2N4/c11-4-10(12)5-13-6-16-8-14-2-1-3-15(7-14)9-16/h4,13H,1-3,5-9H2/b10-4-. The van der Waals surface area contributed by atoms with E-state index in [0.29, 0.717) is 0 Å². The van der Waals surface area contributed by atoms with Gasteiger partial charge in [0.1, 0.15) is 0 Å². The normalized spacial score (nSPS) is 31.8. The Morgan fingerprint density at radius 1 is 1.19 bits per heavy atom. The zero-order chi connectivity index (χ0) is 11.4. The zero-order valence-electron chi connectivity index (χ0n) is 9.33. The van der Waals surface area contributed by atoms with E-state index in [1.54, 1.807) is 0 Å². The molecule has 0 aromatic rings. The largest absolute Gasteiger partial charge is 0.300 e. The van der Waals surface area contributed by atoms with E-state index in [1.165, 1.54) is 19.5 Å². The number of halogens is 2. The summed E-state index contributed by atoms with van der Waals surface area (Å²) in [5.41, 5.74) is 0. The highest BCUT2D eigenvalue weighted by atomic mass is 79.9. The van der Waals surface area contributed by atoms with E-state index in [9.17, 15) is 0 Å². The maximum absolute atomic E-state index is 3.46. The molecule has 2 rings (SSSR count). The van der Waals surface area contributed by atoms with Gasteiger partial charge in [-0.2, -0.15) is 0 Å². The van der Waals surface area contributed by atoms with E-state index >= 15 is 0 Å². The summed E-state index contributed by atoms with van der Waals surface area (Å²) in [5, 5.41) is 3.42. The van der Waals surface area contributed by atoms with Crippen LogP contribution in [0.25, 0.3) is 0 Å². The Balaban J connectivity index is 1.70. The number of hydrogen-bond donors (Lipinski definition) is 1. The molecular weight excluding hydrogens is 336 g/mol. The number of fused-ring (bicyclic) bond motifs is 2. The van der Waals surface area contributed by atoms with Crippen molar-refractivity contribution in [3.05, 3.63) is 9.47 Å². The molecule has 0 saturated carbocycles. The molecule has 4 nitrogen and oxygen atoms in total. The van der Waals surface area contributed by atoms with Gasteiger partial charge in [-0.05, 0) is 11.4 Å². The summed E-state index contributed by atoms with van der Waals surface area (Å²) in [4.78, 5) is 9.35. The van der Waals surface area contributed by atoms with Crippen molar-refractivity contribution in [1.82, 2.24) is 20.0 Å². The van der Waals surface area contributed by atoms with E-state index in [2.05, 4.69) is 51.9 Å². The average Bonchev–Trinajstić information content (AvgIpc) is 2.28. The molecule has 2 atom stereocenters. The lowest BCUT2D eigenvalue weighted by Gasteiger charge is -2.45. The summed E-state index contributed by atoms with van der Waals surface area (Å²) in [6.45, 7) is 7.67. The van der Waals surface area contributed by atoms with E-state index < -0.39 is 0 Å². The Bertz CT molecular complexity index is 247. The molecule has 2 saturated heterocycles. The Kier molecular flexibility index (Phi) is 5.25. The lowest BCUT2D eigenvalue weighted by Crippen LogP contribution is -2.59. The quantitative estimate of drug-likeness (QED) is 0.823. The lowest BCUT2D eigenvalue weighted by atomic mass is 10.3. The van der Waals surface area contributed by atoms with Gasteiger partial charge in [-0.3, -0.25) is 20.0 Å². The van der Waals surface area contributed by atoms with E-state index in [0.717, 1.165) is 37.7 Å². The molecule has 2 unspecified atom stereocenters. The third-order valence-electron chi connectivity index (χ3n) is 2.90. The summed E-state index contributed by atoms with van der Waals surface area (Å²) in [6, 6.07) is 0. The van der Waals surface area contributed by atoms with Crippen LogP contribution >= 0.6 is 31.9 Å². The summed E-state index contributed by atoms with van der Waals surface area (Å²) in [7, 11) is 0. The second kappa shape index (κ2) is 6.47. The highest BCUT2D eigenvalue weighted by Gasteiger charge is 2.25. The van der Waals surface area contributed by atoms with E-state index in [-0.39, 0.29) is 0 Å². The van der Waals surface area contributed by atoms with Crippen molar-refractivity contribution in [2.45, 2.75) is 6.42 Å². The molecular formula is C10H18Br2N4. The third kappa shape index (κ3) is 3.78. The topological polar surface area (TPSA) is 21.8 Å². The highest BCUT2D eigenvalue weighted by Crippen LogP contribution is 2.12. The third-order valence-corrected chi connectivity index (χ3v) is 4.57. The molecule has 2 aliphatic rings. The van der Waals surface area contributed by atoms with Crippen LogP contribution in [0.3, 0.4) is 0 Å². The van der Waals surface area contributed by atoms with Crippen LogP contribution in [-0.4, -0.2) is 61.0 Å². The Hall–Kier alpha value is 0.540. The van der Waals surface area contributed by atoms with E-state index in [1.807, 2.05) is 4.99 Å². The van der Waals surface area contributed by atoms with Crippen molar-refractivity contribution >= 4 is 31.9 Å². The summed E-state index contributed by atoms with van der Waals surface area (Å²) < 4.78 is 1.14. The molecule has 6 heteroatoms. The zero-order valence-corrected chi connectivity index (χ0v) is 12.5. The van der Waals surface area contributed by atoms with Gasteiger partial charge in [0.25, 0.3) is 0 Å². The maximum Gasteiger partial charge on any atom is 0.0542 e. The number of nitrogens with zero attached hydrogens (tertiary/aromatic N) is 3. The smallest absolute Gasteiger partial charge is 0.0542 e. The monoisotopic (exact) mass is 352 g/mol. The van der Waals surface area contributed by atoms with Gasteiger partial charge in [0.15, 0.2) is 0 Å². The minimum atomic E-state index is 0.877. The van der Waals surface area contributed by atoms with Crippen LogP contribution in [0.1, 0.15) is 6.42 Å². The molecule has 0 amide bonds. The second-order valence-corrected chi connectivity index (χ2v) is 5.85. The summed E-state index contributed by atoms with van der Waals surface area (Å²) >= 11 is 6.76. The Morgan fingerprint density at radius 2 is 1.88 bits per heavy atom. The van der Waals surface area contributed by atoms with E-state index in [4.69, 9.17) is 0 Å². The fourth-order valence-electron chi connectivity index (χ4n) is 2.26. The van der Waals surface area contributed by atoms with Crippen molar-refractivity contribution in [1.29, 1.82) is 0 Å². The number of nitrogens with one attached hydrogen (secondary N) is 1. The summed E-state index contributed by atoms with van der Waals surface area (Å²) in [5.74, 6) is 0. The van der Waals surface area contributed by atoms with Crippen molar-refractivity contribution in [3.8, 4) is 0 Å². The van der Waals surface area contributed by atoms with Crippen LogP contribution in [0.2, 0.25) is 0 Å². The first-order chi connectivity index (χ1) is 7.78. The Labute approximate surface area is 114 Å². The minimum absolute atomic E-state index is 0.877. The SMILES string of the molecule is Br/C=C(\Br)CNCN1CN2CCCN(C2)C1. The van der Waals surface area contributed by atoms with Crippen LogP contribution in [0.15, 0.2) is 9.47 Å². The molecule has 0 radical (unpaired) electrons. The molecule has 2 aliphatic heterocycles. The van der Waals surface area contributed by atoms with Crippen molar-refractivity contribution in [2.75, 3.05) is 46.3 Å². The average molecular weight is 354 g/mol. The first-order valence-electron chi connectivity index (χ1n) is 5.60. The van der Waals surface area contributed by atoms with Crippen LogP contribution in [0.4, 0.5) is 0 Å². The first-order valence-corrected chi connectivity index (χ1v) is 7.31. The lowest BCUT2D eigenvalue weighted by molar-refractivity contribution is -0.0578. The van der Waals surface area contributed by atoms with Gasteiger partial charge >= 0.3 is 0 Å². The second-order valence-electron chi connectivity index (χ2n) is 4.38. The minimum Gasteiger partial charge on any atom is -0.300 e. The van der Waals surface area contributed by atoms with Crippen molar-refractivity contribution in [3.63, 3.8) is 0 Å². The predicted octanol–water partition coefficient (Wildman–Crippen LogP) is 1.36. The molecule has 2 fully saturated rings. The first kappa shape index (κ1) is 13.0. The van der Waals surface area contributed by atoms with Crippen LogP contribution in [0, 0.1) is 0 Å². The van der Waals surface area contributed by atoms with Gasteiger partial charge in [0, 0.05) is 24.1 Å². The van der Waals surface area contributed by atoms with Crippen molar-refractivity contribution < 1.29 is 0 Å². The Morgan fingerprint density at radius 3 is 2.50 bits per heavy atom. The molecule has 0 spiro atoms.